The molecule has 0 spiro atoms. The van der Waals surface area contributed by atoms with Crippen molar-refractivity contribution in [1.29, 1.82) is 0 Å². The molecule has 9 heteroatoms. The third-order valence-electron chi connectivity index (χ3n) is 2.78. The molecule has 0 saturated heterocycles. The van der Waals surface area contributed by atoms with E-state index in [2.05, 4.69) is 9.68 Å². The molecule has 0 fully saturated rings. The van der Waals surface area contributed by atoms with Gasteiger partial charge in [-0.05, 0) is 48.2 Å². The average Bonchev–Trinajstić information content (AvgIpc) is 2.48. The van der Waals surface area contributed by atoms with Gasteiger partial charge in [-0.3, -0.25) is 0 Å². The van der Waals surface area contributed by atoms with Crippen LogP contribution in [0.1, 0.15) is 0 Å². The number of halogens is 3. The largest absolute Gasteiger partial charge is 0.446 e. The van der Waals surface area contributed by atoms with Gasteiger partial charge in [-0.2, -0.15) is 13.2 Å². The van der Waals surface area contributed by atoms with Crippen molar-refractivity contribution in [2.45, 2.75) is 15.3 Å². The summed E-state index contributed by atoms with van der Waals surface area (Å²) in [7, 11) is -2.90. The number of carbonyl (C=O) groups excluding carboxylic acids is 1. The van der Waals surface area contributed by atoms with Crippen molar-refractivity contribution in [3.8, 4) is 0 Å². The molecule has 0 bridgehead atoms. The molecule has 1 atom stereocenters. The highest BCUT2D eigenvalue weighted by molar-refractivity contribution is 8.00. The van der Waals surface area contributed by atoms with Gasteiger partial charge in [0.05, 0.1) is 9.73 Å². The van der Waals surface area contributed by atoms with E-state index in [-0.39, 0.29) is 22.3 Å². The van der Waals surface area contributed by atoms with E-state index >= 15 is 0 Å². The van der Waals surface area contributed by atoms with Gasteiger partial charge in [0.2, 0.25) is 0 Å². The lowest BCUT2D eigenvalue weighted by Crippen LogP contribution is -2.10. The van der Waals surface area contributed by atoms with Crippen LogP contribution in [0.25, 0.3) is 0 Å². The van der Waals surface area contributed by atoms with Crippen LogP contribution in [0.2, 0.25) is 0 Å². The highest BCUT2D eigenvalue weighted by atomic mass is 32.2. The van der Waals surface area contributed by atoms with Crippen LogP contribution in [-0.2, 0) is 9.73 Å². The Balaban J connectivity index is 2.10. The van der Waals surface area contributed by atoms with Gasteiger partial charge in [0, 0.05) is 21.7 Å². The van der Waals surface area contributed by atoms with Crippen LogP contribution in [0, 0.1) is 0 Å². The second-order valence-electron chi connectivity index (χ2n) is 4.71. The SMILES string of the molecule is C[S@@](=O)(=NC(=O)Nc1ccc(SC(F)(F)F)cc1)c1ccccc1. The minimum Gasteiger partial charge on any atom is -0.306 e. The number of amides is 2. The van der Waals surface area contributed by atoms with E-state index < -0.39 is 21.3 Å². The number of hydrogen-bond donors (Lipinski definition) is 1. The number of urea groups is 1. The number of benzene rings is 2. The molecule has 0 aliphatic heterocycles. The first-order chi connectivity index (χ1) is 11.2. The van der Waals surface area contributed by atoms with Crippen molar-refractivity contribution in [2.24, 2.45) is 4.36 Å². The summed E-state index contributed by atoms with van der Waals surface area (Å²) in [6, 6.07) is 12.6. The fourth-order valence-electron chi connectivity index (χ4n) is 1.77. The highest BCUT2D eigenvalue weighted by Crippen LogP contribution is 2.37. The van der Waals surface area contributed by atoms with Crippen LogP contribution in [0.15, 0.2) is 68.8 Å². The van der Waals surface area contributed by atoms with Crippen LogP contribution in [0.5, 0.6) is 0 Å². The topological polar surface area (TPSA) is 58.5 Å². The first-order valence-corrected chi connectivity index (χ1v) is 9.34. The van der Waals surface area contributed by atoms with Crippen molar-refractivity contribution >= 4 is 33.2 Å². The maximum atomic E-state index is 12.4. The predicted molar refractivity (Wildman–Crippen MR) is 88.6 cm³/mol. The highest BCUT2D eigenvalue weighted by Gasteiger charge is 2.29. The van der Waals surface area contributed by atoms with E-state index in [0.29, 0.717) is 4.90 Å². The lowest BCUT2D eigenvalue weighted by Gasteiger charge is -2.07. The maximum absolute atomic E-state index is 12.4. The molecule has 2 aromatic rings. The van der Waals surface area contributed by atoms with E-state index in [9.17, 15) is 22.2 Å². The molecule has 0 aliphatic rings. The molecule has 0 aromatic heterocycles. The van der Waals surface area contributed by atoms with Gasteiger partial charge in [0.1, 0.15) is 0 Å². The van der Waals surface area contributed by atoms with Gasteiger partial charge in [-0.15, -0.1) is 4.36 Å². The molecular formula is C15H13F3N2O2S2. The van der Waals surface area contributed by atoms with Gasteiger partial charge < -0.3 is 5.32 Å². The first kappa shape index (κ1) is 18.3. The Morgan fingerprint density at radius 1 is 1.08 bits per heavy atom. The summed E-state index contributed by atoms with van der Waals surface area (Å²) in [5.74, 6) is 0. The first-order valence-electron chi connectivity index (χ1n) is 6.60. The summed E-state index contributed by atoms with van der Waals surface area (Å²) in [6.45, 7) is 0. The molecule has 0 radical (unpaired) electrons. The molecule has 1 N–H and O–H groups in total. The third kappa shape index (κ3) is 5.57. The quantitative estimate of drug-likeness (QED) is 0.770. The minimum absolute atomic E-state index is 0.000937. The van der Waals surface area contributed by atoms with E-state index in [1.807, 2.05) is 0 Å². The van der Waals surface area contributed by atoms with Gasteiger partial charge >= 0.3 is 11.5 Å². The van der Waals surface area contributed by atoms with Crippen LogP contribution >= 0.6 is 11.8 Å². The Morgan fingerprint density at radius 3 is 2.21 bits per heavy atom. The summed E-state index contributed by atoms with van der Waals surface area (Å²) in [6.07, 6.45) is 1.34. The molecule has 128 valence electrons. The summed E-state index contributed by atoms with van der Waals surface area (Å²) in [5, 5.41) is 2.38. The van der Waals surface area contributed by atoms with E-state index in [0.717, 1.165) is 0 Å². The van der Waals surface area contributed by atoms with Crippen molar-refractivity contribution < 1.29 is 22.2 Å². The number of anilines is 1. The summed E-state index contributed by atoms with van der Waals surface area (Å²) >= 11 is -0.246. The Morgan fingerprint density at radius 2 is 1.67 bits per heavy atom. The standard InChI is InChI=1S/C15H13F3N2O2S2/c1-24(22,13-5-3-2-4-6-13)20-14(21)19-11-7-9-12(10-8-11)23-15(16,17)18/h2-10H,1H3,(H,19,21)/t24-/m0/s1. The number of carbonyl (C=O) groups is 1. The van der Waals surface area contributed by atoms with Crippen LogP contribution in [0.3, 0.4) is 0 Å². The Bertz CT molecular complexity index is 828. The van der Waals surface area contributed by atoms with Gasteiger partial charge in [-0.1, -0.05) is 18.2 Å². The molecular weight excluding hydrogens is 361 g/mol. The normalized spacial score (nSPS) is 13.8. The van der Waals surface area contributed by atoms with E-state index in [1.54, 1.807) is 30.3 Å². The summed E-state index contributed by atoms with van der Waals surface area (Å²) < 4.78 is 52.8. The molecule has 0 saturated carbocycles. The van der Waals surface area contributed by atoms with Crippen LogP contribution in [-0.4, -0.2) is 22.0 Å². The van der Waals surface area contributed by atoms with Gasteiger partial charge in [0.25, 0.3) is 0 Å². The Labute approximate surface area is 141 Å². The number of nitrogens with one attached hydrogen (secondary N) is 1. The van der Waals surface area contributed by atoms with Crippen molar-refractivity contribution in [1.82, 2.24) is 0 Å². The number of rotatable bonds is 3. The minimum atomic E-state index is -4.37. The number of alkyl halides is 3. The Kier molecular flexibility index (Phi) is 5.55. The second-order valence-corrected chi connectivity index (χ2v) is 8.11. The Hall–Kier alpha value is -2.00. The van der Waals surface area contributed by atoms with Gasteiger partial charge in [0.15, 0.2) is 0 Å². The fourth-order valence-corrected chi connectivity index (χ4v) is 3.44. The molecule has 4 nitrogen and oxygen atoms in total. The second kappa shape index (κ2) is 7.27. The summed E-state index contributed by atoms with van der Waals surface area (Å²) in [5.41, 5.74) is -4.11. The van der Waals surface area contributed by atoms with Crippen LogP contribution in [0.4, 0.5) is 23.7 Å². The smallest absolute Gasteiger partial charge is 0.306 e. The molecule has 2 rings (SSSR count). The average molecular weight is 374 g/mol. The van der Waals surface area contributed by atoms with Gasteiger partial charge in [-0.25, -0.2) is 9.00 Å². The van der Waals surface area contributed by atoms with Crippen LogP contribution < -0.4 is 5.32 Å². The number of thioether (sulfide) groups is 1. The number of nitrogens with zero attached hydrogens (tertiary/aromatic N) is 1. The zero-order chi connectivity index (χ0) is 17.8. The fraction of sp³-hybridized carbons (Fsp3) is 0.133. The zero-order valence-electron chi connectivity index (χ0n) is 12.4. The number of hydrogen-bond acceptors (Lipinski definition) is 3. The zero-order valence-corrected chi connectivity index (χ0v) is 14.0. The third-order valence-corrected chi connectivity index (χ3v) is 5.18. The van der Waals surface area contributed by atoms with Crippen molar-refractivity contribution in [3.05, 3.63) is 54.6 Å². The van der Waals surface area contributed by atoms with Crippen molar-refractivity contribution in [2.75, 3.05) is 11.6 Å². The molecule has 0 heterocycles. The predicted octanol–water partition coefficient (Wildman–Crippen LogP) is 4.99. The van der Waals surface area contributed by atoms with Crippen molar-refractivity contribution in [3.63, 3.8) is 0 Å². The monoisotopic (exact) mass is 374 g/mol. The lowest BCUT2D eigenvalue weighted by molar-refractivity contribution is -0.0328. The lowest BCUT2D eigenvalue weighted by atomic mass is 10.3. The molecule has 0 aliphatic carbocycles. The van der Waals surface area contributed by atoms with E-state index in [1.165, 1.54) is 30.5 Å². The molecule has 24 heavy (non-hydrogen) atoms. The molecule has 0 unspecified atom stereocenters. The molecule has 2 aromatic carbocycles. The van der Waals surface area contributed by atoms with E-state index in [4.69, 9.17) is 0 Å². The summed E-state index contributed by atoms with van der Waals surface area (Å²) in [4.78, 5) is 12.3. The molecule has 2 amide bonds. The maximum Gasteiger partial charge on any atom is 0.446 e.